The van der Waals surface area contributed by atoms with Crippen molar-refractivity contribution in [1.82, 2.24) is 10.2 Å². The second kappa shape index (κ2) is 6.22. The van der Waals surface area contributed by atoms with Crippen LogP contribution in [-0.2, 0) is 0 Å². The summed E-state index contributed by atoms with van der Waals surface area (Å²) in [6.07, 6.45) is 1.34. The summed E-state index contributed by atoms with van der Waals surface area (Å²) in [7, 11) is 0. The lowest BCUT2D eigenvalue weighted by Crippen LogP contribution is -2.09. The Labute approximate surface area is 123 Å². The van der Waals surface area contributed by atoms with Crippen LogP contribution < -0.4 is 5.32 Å². The smallest absolute Gasteiger partial charge is 0.247 e. The van der Waals surface area contributed by atoms with E-state index in [-0.39, 0.29) is 0 Å². The predicted octanol–water partition coefficient (Wildman–Crippen LogP) is 3.95. The fourth-order valence-electron chi connectivity index (χ4n) is 2.20. The summed E-state index contributed by atoms with van der Waals surface area (Å²) >= 11 is 0. The molecule has 3 aromatic rings. The molecule has 0 aliphatic carbocycles. The van der Waals surface area contributed by atoms with Crippen LogP contribution in [0.5, 0.6) is 0 Å². The highest BCUT2D eigenvalue weighted by Crippen LogP contribution is 2.20. The molecule has 3 rings (SSSR count). The standard InChI is InChI=1S/C17H17N3O/c1-13(14-5-3-2-4-6-14)11-18-16-9-7-15(8-10-16)17-20-19-12-21-17/h2-10,12-13,18H,11H2,1H3. The topological polar surface area (TPSA) is 51.0 Å². The van der Waals surface area contributed by atoms with Gasteiger partial charge < -0.3 is 9.73 Å². The molecule has 1 aromatic heterocycles. The molecule has 2 aromatic carbocycles. The molecule has 4 heteroatoms. The summed E-state index contributed by atoms with van der Waals surface area (Å²) in [6.45, 7) is 3.11. The minimum atomic E-state index is 0.460. The quantitative estimate of drug-likeness (QED) is 0.768. The Morgan fingerprint density at radius 3 is 2.48 bits per heavy atom. The van der Waals surface area contributed by atoms with Gasteiger partial charge in [0, 0.05) is 17.8 Å². The van der Waals surface area contributed by atoms with Crippen molar-refractivity contribution in [2.45, 2.75) is 12.8 Å². The summed E-state index contributed by atoms with van der Waals surface area (Å²) < 4.78 is 5.17. The molecule has 21 heavy (non-hydrogen) atoms. The van der Waals surface area contributed by atoms with Gasteiger partial charge in [0.15, 0.2) is 0 Å². The van der Waals surface area contributed by atoms with E-state index in [2.05, 4.69) is 46.7 Å². The Morgan fingerprint density at radius 2 is 1.81 bits per heavy atom. The summed E-state index contributed by atoms with van der Waals surface area (Å²) in [5.41, 5.74) is 3.35. The van der Waals surface area contributed by atoms with Gasteiger partial charge in [0.1, 0.15) is 0 Å². The van der Waals surface area contributed by atoms with Gasteiger partial charge in [-0.05, 0) is 35.7 Å². The van der Waals surface area contributed by atoms with E-state index in [1.165, 1.54) is 12.0 Å². The maximum Gasteiger partial charge on any atom is 0.247 e. The first-order valence-corrected chi connectivity index (χ1v) is 6.98. The molecule has 1 heterocycles. The summed E-state index contributed by atoms with van der Waals surface area (Å²) in [4.78, 5) is 0. The van der Waals surface area contributed by atoms with Gasteiger partial charge >= 0.3 is 0 Å². The molecule has 0 saturated heterocycles. The maximum absolute atomic E-state index is 5.17. The predicted molar refractivity (Wildman–Crippen MR) is 83.1 cm³/mol. The molecule has 0 spiro atoms. The number of nitrogens with one attached hydrogen (secondary N) is 1. The van der Waals surface area contributed by atoms with Crippen LogP contribution in [0.15, 0.2) is 65.4 Å². The molecule has 0 aliphatic heterocycles. The molecule has 106 valence electrons. The Balaban J connectivity index is 1.61. The van der Waals surface area contributed by atoms with Gasteiger partial charge in [-0.2, -0.15) is 0 Å². The van der Waals surface area contributed by atoms with E-state index in [1.807, 2.05) is 30.3 Å². The minimum absolute atomic E-state index is 0.460. The average molecular weight is 279 g/mol. The first-order valence-electron chi connectivity index (χ1n) is 6.98. The fourth-order valence-corrected chi connectivity index (χ4v) is 2.20. The molecule has 0 aliphatic rings. The Hall–Kier alpha value is -2.62. The lowest BCUT2D eigenvalue weighted by molar-refractivity contribution is 0.568. The highest BCUT2D eigenvalue weighted by molar-refractivity contribution is 5.58. The third-order valence-electron chi connectivity index (χ3n) is 3.47. The largest absolute Gasteiger partial charge is 0.423 e. The highest BCUT2D eigenvalue weighted by atomic mass is 16.4. The van der Waals surface area contributed by atoms with Crippen LogP contribution in [0.2, 0.25) is 0 Å². The Bertz CT molecular complexity index is 663. The van der Waals surface area contributed by atoms with Gasteiger partial charge in [0.05, 0.1) is 0 Å². The van der Waals surface area contributed by atoms with Crippen molar-refractivity contribution >= 4 is 5.69 Å². The van der Waals surface area contributed by atoms with Gasteiger partial charge in [-0.3, -0.25) is 0 Å². The summed E-state index contributed by atoms with van der Waals surface area (Å²) in [5, 5.41) is 11.0. The van der Waals surface area contributed by atoms with Crippen LogP contribution in [-0.4, -0.2) is 16.7 Å². The number of anilines is 1. The SMILES string of the molecule is CC(CNc1ccc(-c2nnco2)cc1)c1ccccc1. The van der Waals surface area contributed by atoms with E-state index in [0.717, 1.165) is 17.8 Å². The molecule has 0 amide bonds. The van der Waals surface area contributed by atoms with Crippen molar-refractivity contribution in [3.05, 3.63) is 66.6 Å². The normalized spacial score (nSPS) is 12.0. The molecule has 0 saturated carbocycles. The summed E-state index contributed by atoms with van der Waals surface area (Å²) in [6, 6.07) is 18.5. The summed E-state index contributed by atoms with van der Waals surface area (Å²) in [5.74, 6) is 1.00. The number of hydrogen-bond donors (Lipinski definition) is 1. The molecule has 0 radical (unpaired) electrons. The Kier molecular flexibility index (Phi) is 3.96. The van der Waals surface area contributed by atoms with E-state index in [9.17, 15) is 0 Å². The molecule has 1 unspecified atom stereocenters. The van der Waals surface area contributed by atoms with Crippen LogP contribution in [0.25, 0.3) is 11.5 Å². The molecule has 4 nitrogen and oxygen atoms in total. The van der Waals surface area contributed by atoms with Crippen LogP contribution in [0.3, 0.4) is 0 Å². The zero-order valence-corrected chi connectivity index (χ0v) is 11.9. The van der Waals surface area contributed by atoms with Crippen molar-refractivity contribution in [1.29, 1.82) is 0 Å². The fraction of sp³-hybridized carbons (Fsp3) is 0.176. The first-order chi connectivity index (χ1) is 10.3. The number of benzene rings is 2. The monoisotopic (exact) mass is 279 g/mol. The van der Waals surface area contributed by atoms with E-state index in [4.69, 9.17) is 4.42 Å². The number of aromatic nitrogens is 2. The molecular weight excluding hydrogens is 262 g/mol. The van der Waals surface area contributed by atoms with Gasteiger partial charge in [-0.15, -0.1) is 10.2 Å². The van der Waals surface area contributed by atoms with Gasteiger partial charge in [-0.1, -0.05) is 37.3 Å². The Morgan fingerprint density at radius 1 is 1.05 bits per heavy atom. The van der Waals surface area contributed by atoms with Gasteiger partial charge in [0.25, 0.3) is 0 Å². The highest BCUT2D eigenvalue weighted by Gasteiger charge is 2.06. The van der Waals surface area contributed by atoms with Crippen LogP contribution in [0.1, 0.15) is 18.4 Å². The number of nitrogens with zero attached hydrogens (tertiary/aromatic N) is 2. The van der Waals surface area contributed by atoms with Crippen LogP contribution in [0.4, 0.5) is 5.69 Å². The number of hydrogen-bond acceptors (Lipinski definition) is 4. The van der Waals surface area contributed by atoms with Gasteiger partial charge in [0.2, 0.25) is 12.3 Å². The second-order valence-electron chi connectivity index (χ2n) is 5.01. The van der Waals surface area contributed by atoms with Gasteiger partial charge in [-0.25, -0.2) is 0 Å². The van der Waals surface area contributed by atoms with Crippen LogP contribution in [0, 0.1) is 0 Å². The minimum Gasteiger partial charge on any atom is -0.423 e. The lowest BCUT2D eigenvalue weighted by atomic mass is 10.0. The molecule has 0 bridgehead atoms. The van der Waals surface area contributed by atoms with Crippen molar-refractivity contribution in [3.63, 3.8) is 0 Å². The molecular formula is C17H17N3O. The van der Waals surface area contributed by atoms with Crippen molar-refractivity contribution in [2.24, 2.45) is 0 Å². The van der Waals surface area contributed by atoms with Crippen molar-refractivity contribution in [3.8, 4) is 11.5 Å². The van der Waals surface area contributed by atoms with E-state index < -0.39 is 0 Å². The third kappa shape index (κ3) is 3.28. The molecule has 0 fully saturated rings. The molecule has 1 N–H and O–H groups in total. The van der Waals surface area contributed by atoms with E-state index in [1.54, 1.807) is 0 Å². The van der Waals surface area contributed by atoms with Crippen molar-refractivity contribution in [2.75, 3.05) is 11.9 Å². The van der Waals surface area contributed by atoms with E-state index in [0.29, 0.717) is 11.8 Å². The zero-order chi connectivity index (χ0) is 14.5. The zero-order valence-electron chi connectivity index (χ0n) is 11.9. The maximum atomic E-state index is 5.17. The first kappa shape index (κ1) is 13.4. The lowest BCUT2D eigenvalue weighted by Gasteiger charge is -2.14. The van der Waals surface area contributed by atoms with Crippen LogP contribution >= 0.6 is 0 Å². The second-order valence-corrected chi connectivity index (χ2v) is 5.01. The third-order valence-corrected chi connectivity index (χ3v) is 3.47. The number of rotatable bonds is 5. The van der Waals surface area contributed by atoms with Crippen molar-refractivity contribution < 1.29 is 4.42 Å². The molecule has 1 atom stereocenters. The average Bonchev–Trinajstić information content (AvgIpc) is 3.08. The van der Waals surface area contributed by atoms with E-state index >= 15 is 0 Å².